The van der Waals surface area contributed by atoms with Crippen LogP contribution < -0.4 is 11.1 Å². The van der Waals surface area contributed by atoms with E-state index >= 15 is 0 Å². The number of pyridine rings is 1. The SMILES string of the molecule is CCN(Cc1nc2ccc(C(=O)NCCN)cc2[nH]1)C1CCCc2cccnc21. The van der Waals surface area contributed by atoms with Crippen LogP contribution in [0.1, 0.15) is 53.2 Å². The molecule has 4 rings (SSSR count). The molecule has 2 aromatic heterocycles. The molecule has 0 saturated carbocycles. The number of H-pyrrole nitrogens is 1. The predicted octanol–water partition coefficient (Wildman–Crippen LogP) is 2.55. The highest BCUT2D eigenvalue weighted by atomic mass is 16.1. The first-order valence-corrected chi connectivity index (χ1v) is 10.3. The fourth-order valence-corrected chi connectivity index (χ4v) is 4.14. The van der Waals surface area contributed by atoms with Crippen LogP contribution in [0.3, 0.4) is 0 Å². The van der Waals surface area contributed by atoms with E-state index in [4.69, 9.17) is 10.7 Å². The second-order valence-electron chi connectivity index (χ2n) is 7.48. The summed E-state index contributed by atoms with van der Waals surface area (Å²) in [7, 11) is 0. The van der Waals surface area contributed by atoms with Crippen molar-refractivity contribution in [3.05, 3.63) is 59.2 Å². The Kier molecular flexibility index (Phi) is 5.87. The molecule has 2 heterocycles. The number of aryl methyl sites for hydroxylation is 1. The van der Waals surface area contributed by atoms with Gasteiger partial charge in [0, 0.05) is 24.8 Å². The highest BCUT2D eigenvalue weighted by molar-refractivity contribution is 5.97. The molecule has 1 aromatic carbocycles. The van der Waals surface area contributed by atoms with E-state index < -0.39 is 0 Å². The van der Waals surface area contributed by atoms with Gasteiger partial charge in [0.15, 0.2) is 0 Å². The molecule has 4 N–H and O–H groups in total. The third-order valence-electron chi connectivity index (χ3n) is 5.59. The number of rotatable bonds is 7. The standard InChI is InChI=1S/C22H28N6O/c1-2-28(19-7-3-5-15-6-4-11-24-21(15)19)14-20-26-17-9-8-16(13-18(17)27-20)22(29)25-12-10-23/h4,6,8-9,11,13,19H,2-3,5,7,10,12,14,23H2,1H3,(H,25,29)(H,26,27). The lowest BCUT2D eigenvalue weighted by Gasteiger charge is -2.33. The predicted molar refractivity (Wildman–Crippen MR) is 113 cm³/mol. The van der Waals surface area contributed by atoms with Crippen molar-refractivity contribution in [3.8, 4) is 0 Å². The number of benzene rings is 1. The number of carbonyl (C=O) groups is 1. The summed E-state index contributed by atoms with van der Waals surface area (Å²) in [5.41, 5.74) is 10.4. The summed E-state index contributed by atoms with van der Waals surface area (Å²) in [4.78, 5) is 27.4. The number of hydrogen-bond acceptors (Lipinski definition) is 5. The first kappa shape index (κ1) is 19.5. The van der Waals surface area contributed by atoms with Gasteiger partial charge in [-0.15, -0.1) is 0 Å². The summed E-state index contributed by atoms with van der Waals surface area (Å²) in [5, 5.41) is 2.80. The van der Waals surface area contributed by atoms with E-state index in [1.54, 1.807) is 6.07 Å². The number of fused-ring (bicyclic) bond motifs is 2. The number of nitrogens with zero attached hydrogens (tertiary/aromatic N) is 3. The number of carbonyl (C=O) groups excluding carboxylic acids is 1. The van der Waals surface area contributed by atoms with Crippen molar-refractivity contribution in [2.75, 3.05) is 19.6 Å². The van der Waals surface area contributed by atoms with Gasteiger partial charge < -0.3 is 16.0 Å². The Hall–Kier alpha value is -2.77. The second kappa shape index (κ2) is 8.71. The highest BCUT2D eigenvalue weighted by Crippen LogP contribution is 2.33. The van der Waals surface area contributed by atoms with Gasteiger partial charge in [0.1, 0.15) is 5.82 Å². The fraction of sp³-hybridized carbons (Fsp3) is 0.409. The number of hydrogen-bond donors (Lipinski definition) is 3. The lowest BCUT2D eigenvalue weighted by Crippen LogP contribution is -2.32. The smallest absolute Gasteiger partial charge is 0.251 e. The van der Waals surface area contributed by atoms with E-state index in [1.165, 1.54) is 17.7 Å². The molecule has 3 aromatic rings. The van der Waals surface area contributed by atoms with Crippen LogP contribution >= 0.6 is 0 Å². The first-order valence-electron chi connectivity index (χ1n) is 10.3. The maximum absolute atomic E-state index is 12.2. The highest BCUT2D eigenvalue weighted by Gasteiger charge is 2.27. The van der Waals surface area contributed by atoms with Crippen LogP contribution in [-0.4, -0.2) is 45.4 Å². The second-order valence-corrected chi connectivity index (χ2v) is 7.48. The summed E-state index contributed by atoms with van der Waals surface area (Å²) >= 11 is 0. The minimum Gasteiger partial charge on any atom is -0.351 e. The molecule has 1 aliphatic carbocycles. The van der Waals surface area contributed by atoms with Crippen molar-refractivity contribution < 1.29 is 4.79 Å². The van der Waals surface area contributed by atoms with Crippen LogP contribution in [0.4, 0.5) is 0 Å². The van der Waals surface area contributed by atoms with Crippen LogP contribution in [0.5, 0.6) is 0 Å². The van der Waals surface area contributed by atoms with E-state index in [2.05, 4.69) is 33.2 Å². The average molecular weight is 393 g/mol. The zero-order chi connectivity index (χ0) is 20.2. The van der Waals surface area contributed by atoms with Gasteiger partial charge in [0.25, 0.3) is 5.91 Å². The minimum atomic E-state index is -0.117. The Morgan fingerprint density at radius 3 is 3.10 bits per heavy atom. The largest absolute Gasteiger partial charge is 0.351 e. The molecule has 152 valence electrons. The van der Waals surface area contributed by atoms with Crippen LogP contribution in [-0.2, 0) is 13.0 Å². The molecule has 1 atom stereocenters. The summed E-state index contributed by atoms with van der Waals surface area (Å²) < 4.78 is 0. The lowest BCUT2D eigenvalue weighted by atomic mass is 9.91. The Balaban J connectivity index is 1.54. The molecule has 1 aliphatic rings. The minimum absolute atomic E-state index is 0.117. The molecule has 0 aliphatic heterocycles. The molecule has 0 bridgehead atoms. The van der Waals surface area contributed by atoms with Gasteiger partial charge in [-0.05, 0) is 55.6 Å². The van der Waals surface area contributed by atoms with Crippen molar-refractivity contribution in [3.63, 3.8) is 0 Å². The quantitative estimate of drug-likeness (QED) is 0.574. The Morgan fingerprint density at radius 1 is 1.38 bits per heavy atom. The molecule has 1 unspecified atom stereocenters. The number of aromatic amines is 1. The summed E-state index contributed by atoms with van der Waals surface area (Å²) in [6.07, 6.45) is 5.30. The van der Waals surface area contributed by atoms with E-state index in [0.29, 0.717) is 24.7 Å². The maximum Gasteiger partial charge on any atom is 0.251 e. The third-order valence-corrected chi connectivity index (χ3v) is 5.59. The zero-order valence-electron chi connectivity index (χ0n) is 16.8. The molecule has 0 fully saturated rings. The fourth-order valence-electron chi connectivity index (χ4n) is 4.14. The van der Waals surface area contributed by atoms with Crippen LogP contribution in [0.2, 0.25) is 0 Å². The van der Waals surface area contributed by atoms with Crippen LogP contribution in [0, 0.1) is 0 Å². The number of nitrogens with one attached hydrogen (secondary N) is 2. The molecule has 1 amide bonds. The molecule has 7 nitrogen and oxygen atoms in total. The van der Waals surface area contributed by atoms with Crippen molar-refractivity contribution in [1.29, 1.82) is 0 Å². The summed E-state index contributed by atoms with van der Waals surface area (Å²) in [5.74, 6) is 0.790. The van der Waals surface area contributed by atoms with Crippen molar-refractivity contribution in [2.24, 2.45) is 5.73 Å². The van der Waals surface area contributed by atoms with Crippen molar-refractivity contribution >= 4 is 16.9 Å². The van der Waals surface area contributed by atoms with Gasteiger partial charge in [-0.25, -0.2) is 4.98 Å². The van der Waals surface area contributed by atoms with Gasteiger partial charge in [-0.1, -0.05) is 13.0 Å². The molecular weight excluding hydrogens is 364 g/mol. The number of amides is 1. The van der Waals surface area contributed by atoms with E-state index in [-0.39, 0.29) is 5.91 Å². The van der Waals surface area contributed by atoms with E-state index in [1.807, 2.05) is 24.4 Å². The Labute approximate surface area is 170 Å². The van der Waals surface area contributed by atoms with Gasteiger partial charge in [0.2, 0.25) is 0 Å². The first-order chi connectivity index (χ1) is 14.2. The lowest BCUT2D eigenvalue weighted by molar-refractivity contribution is 0.0955. The Morgan fingerprint density at radius 2 is 2.28 bits per heavy atom. The van der Waals surface area contributed by atoms with Gasteiger partial charge in [-0.3, -0.25) is 14.7 Å². The zero-order valence-corrected chi connectivity index (χ0v) is 16.8. The summed E-state index contributed by atoms with van der Waals surface area (Å²) in [6, 6.07) is 10.1. The molecular formula is C22H28N6O. The van der Waals surface area contributed by atoms with E-state index in [9.17, 15) is 4.79 Å². The molecule has 0 saturated heterocycles. The Bertz CT molecular complexity index is 998. The molecule has 0 radical (unpaired) electrons. The average Bonchev–Trinajstić information content (AvgIpc) is 3.17. The number of nitrogens with two attached hydrogens (primary N) is 1. The summed E-state index contributed by atoms with van der Waals surface area (Å²) in [6.45, 7) is 4.71. The number of imidazole rings is 1. The monoisotopic (exact) mass is 392 g/mol. The van der Waals surface area contributed by atoms with Crippen molar-refractivity contribution in [2.45, 2.75) is 38.8 Å². The van der Waals surface area contributed by atoms with Gasteiger partial charge in [0.05, 0.1) is 29.3 Å². The maximum atomic E-state index is 12.2. The molecule has 29 heavy (non-hydrogen) atoms. The molecule has 0 spiro atoms. The topological polar surface area (TPSA) is 99.9 Å². The number of aromatic nitrogens is 3. The van der Waals surface area contributed by atoms with Crippen molar-refractivity contribution in [1.82, 2.24) is 25.2 Å². The third kappa shape index (κ3) is 4.16. The van der Waals surface area contributed by atoms with Crippen LogP contribution in [0.15, 0.2) is 36.5 Å². The normalized spacial score (nSPS) is 16.2. The van der Waals surface area contributed by atoms with E-state index in [0.717, 1.165) is 42.8 Å². The molecule has 7 heteroatoms. The van der Waals surface area contributed by atoms with Crippen LogP contribution in [0.25, 0.3) is 11.0 Å². The van der Waals surface area contributed by atoms with Gasteiger partial charge in [-0.2, -0.15) is 0 Å². The van der Waals surface area contributed by atoms with Gasteiger partial charge >= 0.3 is 0 Å².